The Morgan fingerprint density at radius 2 is 1.92 bits per heavy atom. The van der Waals surface area contributed by atoms with Crippen LogP contribution in [0.2, 0.25) is 0 Å². The molecule has 0 saturated carbocycles. The number of aryl methyl sites for hydroxylation is 1. The highest BCUT2D eigenvalue weighted by atomic mass is 16.5. The number of likely N-dealkylation sites (N-methyl/N-ethyl adjacent to an activating group) is 1. The fourth-order valence-corrected chi connectivity index (χ4v) is 4.65. The number of nitrogens with zero attached hydrogens (tertiary/aromatic N) is 3. The van der Waals surface area contributed by atoms with Gasteiger partial charge in [0.25, 0.3) is 0 Å². The number of nitrogen functional groups attached to an aromatic ring is 1. The lowest BCUT2D eigenvalue weighted by molar-refractivity contribution is -0.142. The summed E-state index contributed by atoms with van der Waals surface area (Å²) in [6, 6.07) is 19.8. The number of rotatable bonds is 9. The summed E-state index contributed by atoms with van der Waals surface area (Å²) in [4.78, 5) is 30.3. The molecule has 0 saturated heterocycles. The Bertz CT molecular complexity index is 1540. The van der Waals surface area contributed by atoms with Crippen molar-refractivity contribution in [3.05, 3.63) is 72.1 Å². The van der Waals surface area contributed by atoms with E-state index in [-0.39, 0.29) is 5.97 Å². The summed E-state index contributed by atoms with van der Waals surface area (Å²) in [7, 11) is 1.42. The first-order valence-electron chi connectivity index (χ1n) is 12.3. The number of nitrogens with one attached hydrogen (secondary N) is 3. The molecular weight excluding hydrogens is 466 g/mol. The molecule has 5 rings (SSSR count). The smallest absolute Gasteiger partial charge is 0.324 e. The molecule has 3 heterocycles. The van der Waals surface area contributed by atoms with Crippen molar-refractivity contribution in [1.82, 2.24) is 25.3 Å². The number of methoxy groups -OCH3 is 1. The molecule has 190 valence electrons. The SMILES string of the molecule is CCN(CC(NCc1ccc2[nH]c(-c3cc(N)nc4nc(C)[nH]c34)cc2c1)C(=O)OC)c1ccccc1. The van der Waals surface area contributed by atoms with E-state index in [1.54, 1.807) is 0 Å². The molecule has 1 unspecified atom stereocenters. The van der Waals surface area contributed by atoms with Gasteiger partial charge in [0.2, 0.25) is 0 Å². The fraction of sp³-hybridized carbons (Fsp3) is 0.250. The lowest BCUT2D eigenvalue weighted by Gasteiger charge is -2.27. The van der Waals surface area contributed by atoms with Crippen LogP contribution in [0.5, 0.6) is 0 Å². The maximum atomic E-state index is 12.6. The van der Waals surface area contributed by atoms with Crippen LogP contribution < -0.4 is 16.0 Å². The van der Waals surface area contributed by atoms with E-state index in [1.165, 1.54) is 7.11 Å². The number of H-pyrrole nitrogens is 2. The van der Waals surface area contributed by atoms with E-state index in [0.717, 1.165) is 51.3 Å². The van der Waals surface area contributed by atoms with Gasteiger partial charge in [0.05, 0.1) is 12.6 Å². The second-order valence-electron chi connectivity index (χ2n) is 9.05. The predicted octanol–water partition coefficient (Wildman–Crippen LogP) is 4.15. The van der Waals surface area contributed by atoms with Gasteiger partial charge in [0.1, 0.15) is 17.7 Å². The van der Waals surface area contributed by atoms with Gasteiger partial charge in [0, 0.05) is 47.5 Å². The number of benzene rings is 2. The van der Waals surface area contributed by atoms with Crippen LogP contribution in [0, 0.1) is 6.92 Å². The van der Waals surface area contributed by atoms with Gasteiger partial charge in [-0.05, 0) is 55.8 Å². The van der Waals surface area contributed by atoms with Gasteiger partial charge in [-0.25, -0.2) is 9.97 Å². The van der Waals surface area contributed by atoms with Crippen LogP contribution in [-0.2, 0) is 16.1 Å². The third kappa shape index (κ3) is 5.12. The quantitative estimate of drug-likeness (QED) is 0.225. The van der Waals surface area contributed by atoms with Crippen LogP contribution in [0.1, 0.15) is 18.3 Å². The van der Waals surface area contributed by atoms with E-state index < -0.39 is 6.04 Å². The zero-order chi connectivity index (χ0) is 25.9. The summed E-state index contributed by atoms with van der Waals surface area (Å²) in [6.07, 6.45) is 0. The van der Waals surface area contributed by atoms with Crippen LogP contribution in [-0.4, -0.2) is 52.1 Å². The van der Waals surface area contributed by atoms with E-state index in [9.17, 15) is 4.79 Å². The average molecular weight is 498 g/mol. The topological polar surface area (TPSA) is 125 Å². The Morgan fingerprint density at radius 1 is 1.11 bits per heavy atom. The number of hydrogen-bond donors (Lipinski definition) is 4. The van der Waals surface area contributed by atoms with Crippen molar-refractivity contribution in [2.24, 2.45) is 0 Å². The molecule has 9 heteroatoms. The van der Waals surface area contributed by atoms with Crippen molar-refractivity contribution in [2.75, 3.05) is 30.8 Å². The molecule has 0 aliphatic rings. The molecule has 9 nitrogen and oxygen atoms in total. The number of carbonyl (C=O) groups excluding carboxylic acids is 1. The monoisotopic (exact) mass is 497 g/mol. The van der Waals surface area contributed by atoms with Crippen molar-refractivity contribution in [2.45, 2.75) is 26.4 Å². The number of para-hydroxylation sites is 1. The molecule has 3 aromatic heterocycles. The number of nitrogens with two attached hydrogens (primary N) is 1. The number of hydrogen-bond acceptors (Lipinski definition) is 7. The Kier molecular flexibility index (Phi) is 6.78. The average Bonchev–Trinajstić information content (AvgIpc) is 3.50. The highest BCUT2D eigenvalue weighted by Crippen LogP contribution is 2.30. The Balaban J connectivity index is 1.36. The van der Waals surface area contributed by atoms with Crippen molar-refractivity contribution in [1.29, 1.82) is 0 Å². The number of imidazole rings is 1. The number of ether oxygens (including phenoxy) is 1. The van der Waals surface area contributed by atoms with Crippen LogP contribution in [0.3, 0.4) is 0 Å². The van der Waals surface area contributed by atoms with Crippen molar-refractivity contribution in [3.8, 4) is 11.3 Å². The van der Waals surface area contributed by atoms with Crippen LogP contribution >= 0.6 is 0 Å². The first-order chi connectivity index (χ1) is 17.9. The fourth-order valence-electron chi connectivity index (χ4n) is 4.65. The molecule has 0 spiro atoms. The maximum absolute atomic E-state index is 12.6. The van der Waals surface area contributed by atoms with Crippen LogP contribution in [0.15, 0.2) is 60.7 Å². The minimum absolute atomic E-state index is 0.284. The van der Waals surface area contributed by atoms with E-state index in [0.29, 0.717) is 24.6 Å². The molecule has 0 aliphatic heterocycles. The normalized spacial score (nSPS) is 12.2. The third-order valence-electron chi connectivity index (χ3n) is 6.52. The molecular formula is C28H31N7O2. The minimum Gasteiger partial charge on any atom is -0.468 e. The maximum Gasteiger partial charge on any atom is 0.324 e. The standard InChI is InChI=1S/C28H31N7O2/c1-4-35(20-8-6-5-7-9-20)16-24(28(36)37-3)30-15-18-10-11-22-19(12-18)13-23(33-22)21-14-25(29)34-27-26(21)31-17(2)32-27/h5-14,24,30,33H,4,15-16H2,1-3H3,(H3,29,31,32,34). The summed E-state index contributed by atoms with van der Waals surface area (Å²) >= 11 is 0. The van der Waals surface area contributed by atoms with Crippen molar-refractivity contribution in [3.63, 3.8) is 0 Å². The Hall–Kier alpha value is -4.37. The Labute approximate surface area is 215 Å². The largest absolute Gasteiger partial charge is 0.468 e. The molecule has 5 aromatic rings. The van der Waals surface area contributed by atoms with Crippen molar-refractivity contribution < 1.29 is 9.53 Å². The first-order valence-corrected chi connectivity index (χ1v) is 12.3. The van der Waals surface area contributed by atoms with Gasteiger partial charge < -0.3 is 25.3 Å². The number of pyridine rings is 1. The second-order valence-corrected chi connectivity index (χ2v) is 9.05. The van der Waals surface area contributed by atoms with Gasteiger partial charge in [0.15, 0.2) is 5.65 Å². The molecule has 1 atom stereocenters. The summed E-state index contributed by atoms with van der Waals surface area (Å²) in [5.74, 6) is 0.921. The summed E-state index contributed by atoms with van der Waals surface area (Å²) < 4.78 is 5.09. The predicted molar refractivity (Wildman–Crippen MR) is 147 cm³/mol. The Morgan fingerprint density at radius 3 is 2.68 bits per heavy atom. The zero-order valence-electron chi connectivity index (χ0n) is 21.2. The number of esters is 1. The molecule has 5 N–H and O–H groups in total. The lowest BCUT2D eigenvalue weighted by Crippen LogP contribution is -2.46. The molecule has 0 bridgehead atoms. The lowest BCUT2D eigenvalue weighted by atomic mass is 10.1. The molecule has 2 aromatic carbocycles. The van der Waals surface area contributed by atoms with Crippen LogP contribution in [0.4, 0.5) is 11.5 Å². The zero-order valence-corrected chi connectivity index (χ0v) is 21.2. The highest BCUT2D eigenvalue weighted by molar-refractivity contribution is 5.95. The number of anilines is 2. The van der Waals surface area contributed by atoms with E-state index in [4.69, 9.17) is 10.5 Å². The summed E-state index contributed by atoms with van der Waals surface area (Å²) in [6.45, 7) is 5.78. The van der Waals surface area contributed by atoms with Gasteiger partial charge in [-0.3, -0.25) is 10.1 Å². The second kappa shape index (κ2) is 10.3. The van der Waals surface area contributed by atoms with Gasteiger partial charge in [-0.1, -0.05) is 24.3 Å². The van der Waals surface area contributed by atoms with Gasteiger partial charge in [-0.2, -0.15) is 0 Å². The number of aromatic nitrogens is 4. The van der Waals surface area contributed by atoms with Crippen LogP contribution in [0.25, 0.3) is 33.3 Å². The number of fused-ring (bicyclic) bond motifs is 2. The summed E-state index contributed by atoms with van der Waals surface area (Å²) in [5.41, 5.74) is 12.5. The third-order valence-corrected chi connectivity index (χ3v) is 6.52. The van der Waals surface area contributed by atoms with E-state index in [2.05, 4.69) is 55.3 Å². The first kappa shape index (κ1) is 24.3. The molecule has 0 amide bonds. The number of aromatic amines is 2. The minimum atomic E-state index is -0.473. The summed E-state index contributed by atoms with van der Waals surface area (Å²) in [5, 5.41) is 4.45. The highest BCUT2D eigenvalue weighted by Gasteiger charge is 2.22. The van der Waals surface area contributed by atoms with E-state index in [1.807, 2.05) is 49.4 Å². The van der Waals surface area contributed by atoms with Gasteiger partial charge >= 0.3 is 5.97 Å². The molecule has 0 radical (unpaired) electrons. The molecule has 0 aliphatic carbocycles. The molecule has 37 heavy (non-hydrogen) atoms. The van der Waals surface area contributed by atoms with Crippen molar-refractivity contribution >= 4 is 39.5 Å². The van der Waals surface area contributed by atoms with E-state index >= 15 is 0 Å². The number of carbonyl (C=O) groups is 1. The van der Waals surface area contributed by atoms with Gasteiger partial charge in [-0.15, -0.1) is 0 Å². The molecule has 0 fully saturated rings.